The second kappa shape index (κ2) is 5.72. The Morgan fingerprint density at radius 1 is 1.33 bits per heavy atom. The fraction of sp³-hybridized carbons (Fsp3) is 0.167. The van der Waals surface area contributed by atoms with E-state index in [9.17, 15) is 14.7 Å². The lowest BCUT2D eigenvalue weighted by atomic mass is 10.1. The van der Waals surface area contributed by atoms with Crippen LogP contribution >= 0.6 is 0 Å². The minimum atomic E-state index is -1.16. The Kier molecular flexibility index (Phi) is 4.31. The molecule has 6 heteroatoms. The first-order valence-electron chi connectivity index (χ1n) is 5.09. The van der Waals surface area contributed by atoms with Crippen LogP contribution in [0.15, 0.2) is 30.9 Å². The third kappa shape index (κ3) is 3.24. The van der Waals surface area contributed by atoms with Crippen molar-refractivity contribution in [3.63, 3.8) is 0 Å². The molecule has 96 valence electrons. The molecule has 6 nitrogen and oxygen atoms in total. The number of hydrogen-bond acceptors (Lipinski definition) is 4. The Labute approximate surface area is 103 Å². The number of carbonyl (C=O) groups excluding carboxylic acids is 1. The van der Waals surface area contributed by atoms with Crippen molar-refractivity contribution in [1.82, 2.24) is 4.90 Å². The summed E-state index contributed by atoms with van der Waals surface area (Å²) in [6.07, 6.45) is 1.39. The van der Waals surface area contributed by atoms with Crippen LogP contribution in [0.1, 0.15) is 10.4 Å². The van der Waals surface area contributed by atoms with Gasteiger partial charge in [-0.05, 0) is 12.1 Å². The summed E-state index contributed by atoms with van der Waals surface area (Å²) in [7, 11) is 0. The molecule has 18 heavy (non-hydrogen) atoms. The summed E-state index contributed by atoms with van der Waals surface area (Å²) in [5.74, 6) is -2.39. The number of rotatable bonds is 5. The summed E-state index contributed by atoms with van der Waals surface area (Å²) in [6.45, 7) is 2.98. The van der Waals surface area contributed by atoms with Gasteiger partial charge in [-0.15, -0.1) is 6.58 Å². The SMILES string of the molecule is C=CCN(CC(=O)O)C(=O)c1ccc(O)cc1O. The van der Waals surface area contributed by atoms with Gasteiger partial charge in [-0.1, -0.05) is 6.08 Å². The molecule has 0 aliphatic rings. The van der Waals surface area contributed by atoms with Crippen LogP contribution in [0.25, 0.3) is 0 Å². The van der Waals surface area contributed by atoms with E-state index in [0.717, 1.165) is 11.0 Å². The van der Waals surface area contributed by atoms with Crippen molar-refractivity contribution in [1.29, 1.82) is 0 Å². The van der Waals surface area contributed by atoms with Gasteiger partial charge in [0, 0.05) is 12.6 Å². The molecule has 0 saturated heterocycles. The standard InChI is InChI=1S/C12H13NO5/c1-2-5-13(7-11(16)17)12(18)9-4-3-8(14)6-10(9)15/h2-4,6,14-15H,1,5,7H2,(H,16,17). The Balaban J connectivity index is 3.01. The van der Waals surface area contributed by atoms with Crippen LogP contribution in [0.3, 0.4) is 0 Å². The average Bonchev–Trinajstić information content (AvgIpc) is 2.27. The highest BCUT2D eigenvalue weighted by Gasteiger charge is 2.20. The van der Waals surface area contributed by atoms with Crippen molar-refractivity contribution in [2.75, 3.05) is 13.1 Å². The number of nitrogens with zero attached hydrogens (tertiary/aromatic N) is 1. The zero-order valence-electron chi connectivity index (χ0n) is 9.54. The molecule has 0 fully saturated rings. The first kappa shape index (κ1) is 13.6. The first-order chi connectivity index (χ1) is 8.45. The molecule has 0 bridgehead atoms. The van der Waals surface area contributed by atoms with Gasteiger partial charge in [0.05, 0.1) is 5.56 Å². The molecule has 0 aliphatic carbocycles. The fourth-order valence-corrected chi connectivity index (χ4v) is 1.41. The number of carbonyl (C=O) groups is 2. The van der Waals surface area contributed by atoms with Crippen molar-refractivity contribution in [2.45, 2.75) is 0 Å². The molecule has 1 aromatic rings. The monoisotopic (exact) mass is 251 g/mol. The van der Waals surface area contributed by atoms with Crippen LogP contribution in [0.2, 0.25) is 0 Å². The molecule has 0 atom stereocenters. The van der Waals surface area contributed by atoms with Crippen LogP contribution in [0.4, 0.5) is 0 Å². The lowest BCUT2D eigenvalue weighted by Crippen LogP contribution is -2.35. The molecule has 0 unspecified atom stereocenters. The number of amides is 1. The van der Waals surface area contributed by atoms with Crippen molar-refractivity contribution in [3.05, 3.63) is 36.4 Å². The zero-order chi connectivity index (χ0) is 13.7. The number of carboxylic acid groups (broad SMARTS) is 1. The Hall–Kier alpha value is -2.50. The molecule has 0 radical (unpaired) electrons. The summed E-state index contributed by atoms with van der Waals surface area (Å²) < 4.78 is 0. The molecule has 0 aromatic heterocycles. The van der Waals surface area contributed by atoms with Gasteiger partial charge in [0.25, 0.3) is 5.91 Å². The molecule has 1 amide bonds. The second-order valence-electron chi connectivity index (χ2n) is 3.57. The molecule has 0 spiro atoms. The Bertz CT molecular complexity index is 483. The highest BCUT2D eigenvalue weighted by Crippen LogP contribution is 2.23. The van der Waals surface area contributed by atoms with Crippen molar-refractivity contribution in [3.8, 4) is 11.5 Å². The lowest BCUT2D eigenvalue weighted by Gasteiger charge is -2.19. The quantitative estimate of drug-likeness (QED) is 0.673. The largest absolute Gasteiger partial charge is 0.508 e. The number of phenols is 2. The van der Waals surface area contributed by atoms with Crippen LogP contribution in [0, 0.1) is 0 Å². The van der Waals surface area contributed by atoms with Crippen LogP contribution < -0.4 is 0 Å². The predicted octanol–water partition coefficient (Wildman–Crippen LogP) is 0.811. The molecular formula is C12H13NO5. The zero-order valence-corrected chi connectivity index (χ0v) is 9.54. The highest BCUT2D eigenvalue weighted by atomic mass is 16.4. The highest BCUT2D eigenvalue weighted by molar-refractivity contribution is 5.98. The second-order valence-corrected chi connectivity index (χ2v) is 3.57. The predicted molar refractivity (Wildman–Crippen MR) is 63.5 cm³/mol. The van der Waals surface area contributed by atoms with E-state index in [1.807, 2.05) is 0 Å². The lowest BCUT2D eigenvalue weighted by molar-refractivity contribution is -0.137. The Morgan fingerprint density at radius 2 is 2.00 bits per heavy atom. The molecule has 1 rings (SSSR count). The smallest absolute Gasteiger partial charge is 0.323 e. The maximum Gasteiger partial charge on any atom is 0.323 e. The number of carboxylic acids is 1. The summed E-state index contributed by atoms with van der Waals surface area (Å²) in [5.41, 5.74) is -0.0732. The van der Waals surface area contributed by atoms with Crippen LogP contribution in [-0.2, 0) is 4.79 Å². The van der Waals surface area contributed by atoms with Gasteiger partial charge in [-0.25, -0.2) is 0 Å². The topological polar surface area (TPSA) is 98.1 Å². The molecular weight excluding hydrogens is 238 g/mol. The third-order valence-corrected chi connectivity index (χ3v) is 2.17. The summed E-state index contributed by atoms with van der Waals surface area (Å²) in [6, 6.07) is 3.48. The normalized spacial score (nSPS) is 9.78. The third-order valence-electron chi connectivity index (χ3n) is 2.17. The molecule has 3 N–H and O–H groups in total. The molecule has 1 aromatic carbocycles. The van der Waals surface area contributed by atoms with Crippen LogP contribution in [0.5, 0.6) is 11.5 Å². The first-order valence-corrected chi connectivity index (χ1v) is 5.09. The van der Waals surface area contributed by atoms with E-state index >= 15 is 0 Å². The van der Waals surface area contributed by atoms with Crippen LogP contribution in [-0.4, -0.2) is 45.2 Å². The average molecular weight is 251 g/mol. The molecule has 0 saturated carbocycles. The summed E-state index contributed by atoms with van der Waals surface area (Å²) in [4.78, 5) is 23.6. The van der Waals surface area contributed by atoms with E-state index in [0.29, 0.717) is 0 Å². The number of hydrogen-bond donors (Lipinski definition) is 3. The number of aliphatic carboxylic acids is 1. The van der Waals surface area contributed by atoms with Gasteiger partial charge in [-0.3, -0.25) is 9.59 Å². The van der Waals surface area contributed by atoms with Crippen molar-refractivity contribution in [2.24, 2.45) is 0 Å². The van der Waals surface area contributed by atoms with Gasteiger partial charge in [0.15, 0.2) is 0 Å². The Morgan fingerprint density at radius 3 is 2.50 bits per heavy atom. The minimum absolute atomic E-state index is 0.0471. The van der Waals surface area contributed by atoms with E-state index in [2.05, 4.69) is 6.58 Å². The van der Waals surface area contributed by atoms with Crippen molar-refractivity contribution < 1.29 is 24.9 Å². The van der Waals surface area contributed by atoms with E-state index < -0.39 is 24.2 Å². The van der Waals surface area contributed by atoms with Gasteiger partial charge in [0.1, 0.15) is 18.0 Å². The van der Waals surface area contributed by atoms with Crippen molar-refractivity contribution >= 4 is 11.9 Å². The fourth-order valence-electron chi connectivity index (χ4n) is 1.41. The number of benzene rings is 1. The minimum Gasteiger partial charge on any atom is -0.508 e. The van der Waals surface area contributed by atoms with Gasteiger partial charge >= 0.3 is 5.97 Å². The van der Waals surface area contributed by atoms with E-state index in [1.165, 1.54) is 18.2 Å². The summed E-state index contributed by atoms with van der Waals surface area (Å²) >= 11 is 0. The van der Waals surface area contributed by atoms with E-state index in [4.69, 9.17) is 10.2 Å². The summed E-state index contributed by atoms with van der Waals surface area (Å²) in [5, 5.41) is 27.3. The number of aromatic hydroxyl groups is 2. The van der Waals surface area contributed by atoms with Gasteiger partial charge in [0.2, 0.25) is 0 Å². The molecule has 0 aliphatic heterocycles. The maximum absolute atomic E-state index is 12.0. The van der Waals surface area contributed by atoms with Gasteiger partial charge in [-0.2, -0.15) is 0 Å². The van der Waals surface area contributed by atoms with Gasteiger partial charge < -0.3 is 20.2 Å². The maximum atomic E-state index is 12.0. The van der Waals surface area contributed by atoms with E-state index in [-0.39, 0.29) is 17.9 Å². The van der Waals surface area contributed by atoms with E-state index in [1.54, 1.807) is 0 Å². The molecule has 0 heterocycles. The number of phenolic OH excluding ortho intramolecular Hbond substituents is 2.